The van der Waals surface area contributed by atoms with Gasteiger partial charge in [-0.25, -0.2) is 0 Å². The molecular formula is C20H25ClO2Si. The van der Waals surface area contributed by atoms with E-state index in [1.165, 1.54) is 0 Å². The monoisotopic (exact) mass is 360 g/mol. The molecule has 24 heavy (non-hydrogen) atoms. The highest BCUT2D eigenvalue weighted by Gasteiger charge is 2.35. The lowest BCUT2D eigenvalue weighted by atomic mass is 10.0. The van der Waals surface area contributed by atoms with Crippen LogP contribution in [0.3, 0.4) is 0 Å². The van der Waals surface area contributed by atoms with E-state index in [9.17, 15) is 4.79 Å². The first-order chi connectivity index (χ1) is 11.5. The summed E-state index contributed by atoms with van der Waals surface area (Å²) in [6.45, 7) is 6.52. The molecule has 0 spiro atoms. The second-order valence-corrected chi connectivity index (χ2v) is 11.2. The van der Waals surface area contributed by atoms with E-state index in [4.69, 9.17) is 16.0 Å². The minimum atomic E-state index is -1.93. The molecule has 4 heteroatoms. The van der Waals surface area contributed by atoms with Gasteiger partial charge in [0.25, 0.3) is 0 Å². The molecule has 0 radical (unpaired) electrons. The third kappa shape index (κ3) is 4.35. The second-order valence-electron chi connectivity index (χ2n) is 6.02. The maximum atomic E-state index is 13.1. The smallest absolute Gasteiger partial charge is 0.194 e. The Balaban J connectivity index is 2.41. The minimum absolute atomic E-state index is 0.0187. The van der Waals surface area contributed by atoms with E-state index in [1.54, 1.807) is 0 Å². The number of hydrogen-bond donors (Lipinski definition) is 0. The van der Waals surface area contributed by atoms with Gasteiger partial charge in [0.1, 0.15) is 6.10 Å². The van der Waals surface area contributed by atoms with Crippen LogP contribution in [0, 0.1) is 0 Å². The number of ketones is 1. The average Bonchev–Trinajstić information content (AvgIpc) is 2.65. The third-order valence-corrected chi connectivity index (χ3v) is 9.62. The zero-order valence-corrected chi connectivity index (χ0v) is 16.3. The normalized spacial score (nSPS) is 12.8. The standard InChI is InChI=1S/C20H25ClO2Si/c1-4-24(5-2,6-3)23-20(17-12-14-18(21)15-13-17)19(22)16-10-8-7-9-11-16/h7-15,20H,4-6H2,1-3H3. The second kappa shape index (κ2) is 8.61. The van der Waals surface area contributed by atoms with Crippen LogP contribution >= 0.6 is 11.6 Å². The molecule has 0 bridgehead atoms. The van der Waals surface area contributed by atoms with Gasteiger partial charge >= 0.3 is 0 Å². The van der Waals surface area contributed by atoms with Crippen molar-refractivity contribution in [1.82, 2.24) is 0 Å². The molecule has 0 aromatic heterocycles. The molecule has 2 nitrogen and oxygen atoms in total. The Hall–Kier alpha value is -1.42. The van der Waals surface area contributed by atoms with Gasteiger partial charge in [-0.3, -0.25) is 4.79 Å². The van der Waals surface area contributed by atoms with E-state index < -0.39 is 14.4 Å². The number of Topliss-reactive ketones (excluding diaryl/α,β-unsaturated/α-hetero) is 1. The van der Waals surface area contributed by atoms with Crippen LogP contribution in [-0.2, 0) is 4.43 Å². The molecule has 1 atom stereocenters. The molecule has 0 fully saturated rings. The molecule has 2 rings (SSSR count). The average molecular weight is 361 g/mol. The van der Waals surface area contributed by atoms with Crippen molar-refractivity contribution in [3.05, 3.63) is 70.7 Å². The lowest BCUT2D eigenvalue weighted by molar-refractivity contribution is 0.0772. The number of rotatable bonds is 8. The van der Waals surface area contributed by atoms with Crippen molar-refractivity contribution in [2.24, 2.45) is 0 Å². The molecule has 0 aliphatic rings. The van der Waals surface area contributed by atoms with Gasteiger partial charge in [0.15, 0.2) is 14.1 Å². The van der Waals surface area contributed by atoms with E-state index in [0.717, 1.165) is 23.7 Å². The molecule has 2 aromatic carbocycles. The number of carbonyl (C=O) groups is 1. The van der Waals surface area contributed by atoms with E-state index >= 15 is 0 Å². The molecule has 0 saturated carbocycles. The molecule has 128 valence electrons. The van der Waals surface area contributed by atoms with Crippen molar-refractivity contribution >= 4 is 25.7 Å². The summed E-state index contributed by atoms with van der Waals surface area (Å²) in [5.74, 6) is 0.0187. The Kier molecular flexibility index (Phi) is 6.78. The van der Waals surface area contributed by atoms with E-state index in [0.29, 0.717) is 10.6 Å². The number of benzene rings is 2. The Labute approximate surface area is 150 Å². The first kappa shape index (κ1) is 18.9. The Bertz CT molecular complexity index is 643. The van der Waals surface area contributed by atoms with Crippen molar-refractivity contribution < 1.29 is 9.22 Å². The van der Waals surface area contributed by atoms with Gasteiger partial charge in [0, 0.05) is 10.6 Å². The molecule has 0 heterocycles. The Morgan fingerprint density at radius 2 is 1.50 bits per heavy atom. The van der Waals surface area contributed by atoms with Crippen LogP contribution in [0.5, 0.6) is 0 Å². The van der Waals surface area contributed by atoms with Crippen LogP contribution in [0.1, 0.15) is 42.8 Å². The van der Waals surface area contributed by atoms with Gasteiger partial charge < -0.3 is 4.43 Å². The highest BCUT2D eigenvalue weighted by atomic mass is 35.5. The van der Waals surface area contributed by atoms with Crippen LogP contribution in [-0.4, -0.2) is 14.1 Å². The largest absolute Gasteiger partial charge is 0.403 e. The fraction of sp³-hybridized carbons (Fsp3) is 0.350. The number of halogens is 1. The SMILES string of the molecule is CC[Si](CC)(CC)OC(C(=O)c1ccccc1)c1ccc(Cl)cc1. The molecule has 0 saturated heterocycles. The first-order valence-electron chi connectivity index (χ1n) is 8.57. The lowest BCUT2D eigenvalue weighted by Gasteiger charge is -2.33. The molecule has 0 N–H and O–H groups in total. The summed E-state index contributed by atoms with van der Waals surface area (Å²) in [4.78, 5) is 13.1. The number of carbonyl (C=O) groups excluding carboxylic acids is 1. The summed E-state index contributed by atoms with van der Waals surface area (Å²) in [5, 5.41) is 0.662. The summed E-state index contributed by atoms with van der Waals surface area (Å²) in [6.07, 6.45) is -0.559. The van der Waals surface area contributed by atoms with Crippen LogP contribution in [0.2, 0.25) is 23.2 Å². The molecular weight excluding hydrogens is 336 g/mol. The molecule has 0 amide bonds. The molecule has 0 aliphatic carbocycles. The maximum Gasteiger partial charge on any atom is 0.194 e. The molecule has 0 aliphatic heterocycles. The zero-order chi connectivity index (χ0) is 17.6. The minimum Gasteiger partial charge on any atom is -0.403 e. The summed E-state index contributed by atoms with van der Waals surface area (Å²) >= 11 is 6.01. The highest BCUT2D eigenvalue weighted by molar-refractivity contribution is 6.73. The maximum absolute atomic E-state index is 13.1. The highest BCUT2D eigenvalue weighted by Crippen LogP contribution is 2.32. The number of hydrogen-bond acceptors (Lipinski definition) is 2. The summed E-state index contributed by atoms with van der Waals surface area (Å²) in [6, 6.07) is 19.8. The van der Waals surface area contributed by atoms with Crippen molar-refractivity contribution in [1.29, 1.82) is 0 Å². The molecule has 2 aromatic rings. The van der Waals surface area contributed by atoms with E-state index in [1.807, 2.05) is 54.6 Å². The van der Waals surface area contributed by atoms with Crippen molar-refractivity contribution in [3.63, 3.8) is 0 Å². The molecule has 1 unspecified atom stereocenters. The van der Waals surface area contributed by atoms with Crippen molar-refractivity contribution in [3.8, 4) is 0 Å². The van der Waals surface area contributed by atoms with Gasteiger partial charge in [0.2, 0.25) is 0 Å². The van der Waals surface area contributed by atoms with Crippen molar-refractivity contribution in [2.75, 3.05) is 0 Å². The topological polar surface area (TPSA) is 26.3 Å². The third-order valence-electron chi connectivity index (χ3n) is 4.77. The Morgan fingerprint density at radius 1 is 0.958 bits per heavy atom. The summed E-state index contributed by atoms with van der Waals surface area (Å²) in [5.41, 5.74) is 1.56. The van der Waals surface area contributed by atoms with Crippen LogP contribution in [0.25, 0.3) is 0 Å². The van der Waals surface area contributed by atoms with Crippen LogP contribution < -0.4 is 0 Å². The van der Waals surface area contributed by atoms with Gasteiger partial charge in [0.05, 0.1) is 0 Å². The fourth-order valence-electron chi connectivity index (χ4n) is 2.91. The van der Waals surface area contributed by atoms with Crippen LogP contribution in [0.4, 0.5) is 0 Å². The summed E-state index contributed by atoms with van der Waals surface area (Å²) < 4.78 is 6.57. The van der Waals surface area contributed by atoms with Crippen LogP contribution in [0.15, 0.2) is 54.6 Å². The summed E-state index contributed by atoms with van der Waals surface area (Å²) in [7, 11) is -1.93. The van der Waals surface area contributed by atoms with Gasteiger partial charge in [-0.2, -0.15) is 0 Å². The van der Waals surface area contributed by atoms with Gasteiger partial charge in [-0.05, 0) is 35.8 Å². The first-order valence-corrected chi connectivity index (χ1v) is 11.5. The predicted molar refractivity (Wildman–Crippen MR) is 103 cm³/mol. The predicted octanol–water partition coefficient (Wildman–Crippen LogP) is 6.29. The zero-order valence-electron chi connectivity index (χ0n) is 14.6. The van der Waals surface area contributed by atoms with Gasteiger partial charge in [-0.15, -0.1) is 0 Å². The lowest BCUT2D eigenvalue weighted by Crippen LogP contribution is -2.39. The van der Waals surface area contributed by atoms with Crippen molar-refractivity contribution in [2.45, 2.75) is 45.0 Å². The van der Waals surface area contributed by atoms with Gasteiger partial charge in [-0.1, -0.05) is 74.8 Å². The van der Waals surface area contributed by atoms with E-state index in [2.05, 4.69) is 20.8 Å². The van der Waals surface area contributed by atoms with E-state index in [-0.39, 0.29) is 5.78 Å². The quantitative estimate of drug-likeness (QED) is 0.408. The fourth-order valence-corrected chi connectivity index (χ4v) is 5.78. The Morgan fingerprint density at radius 3 is 2.00 bits per heavy atom.